The van der Waals surface area contributed by atoms with Crippen molar-refractivity contribution >= 4 is 5.91 Å². The monoisotopic (exact) mass is 393 g/mol. The molecule has 148 valence electrons. The van der Waals surface area contributed by atoms with Crippen molar-refractivity contribution in [3.8, 4) is 5.75 Å². The van der Waals surface area contributed by atoms with Crippen molar-refractivity contribution in [3.63, 3.8) is 0 Å². The lowest BCUT2D eigenvalue weighted by atomic mass is 10.2. The number of carbonyl (C=O) groups excluding carboxylic acids is 1. The molecule has 2 heterocycles. The zero-order valence-electron chi connectivity index (χ0n) is 14.8. The van der Waals surface area contributed by atoms with Gasteiger partial charge in [0.15, 0.2) is 6.73 Å². The van der Waals surface area contributed by atoms with Crippen molar-refractivity contribution in [1.29, 1.82) is 0 Å². The quantitative estimate of drug-likeness (QED) is 0.597. The number of aromatic nitrogens is 4. The molecular weight excluding hydrogens is 375 g/mol. The fraction of sp³-hybridized carbons (Fsp3) is 0.278. The molecule has 0 aliphatic rings. The van der Waals surface area contributed by atoms with Gasteiger partial charge in [-0.05, 0) is 30.7 Å². The van der Waals surface area contributed by atoms with Crippen LogP contribution < -0.4 is 10.1 Å². The Morgan fingerprint density at radius 1 is 1.21 bits per heavy atom. The van der Waals surface area contributed by atoms with Gasteiger partial charge >= 0.3 is 6.18 Å². The Kier molecular flexibility index (Phi) is 5.97. The summed E-state index contributed by atoms with van der Waals surface area (Å²) in [5.74, 6) is -0.265. The first-order valence-electron chi connectivity index (χ1n) is 8.49. The van der Waals surface area contributed by atoms with Gasteiger partial charge in [-0.15, -0.1) is 0 Å². The Balaban J connectivity index is 1.46. The smallest absolute Gasteiger partial charge is 0.416 e. The van der Waals surface area contributed by atoms with Crippen LogP contribution in [0.5, 0.6) is 5.75 Å². The third-order valence-electron chi connectivity index (χ3n) is 3.84. The first-order chi connectivity index (χ1) is 13.4. The fourth-order valence-electron chi connectivity index (χ4n) is 2.43. The molecule has 1 amide bonds. The average molecular weight is 393 g/mol. The van der Waals surface area contributed by atoms with Gasteiger partial charge in [-0.1, -0.05) is 6.07 Å². The number of rotatable bonds is 8. The van der Waals surface area contributed by atoms with E-state index in [1.807, 2.05) is 10.8 Å². The van der Waals surface area contributed by atoms with Gasteiger partial charge in [0, 0.05) is 31.7 Å². The number of nitrogens with one attached hydrogen (secondary N) is 1. The Hall–Kier alpha value is -3.30. The van der Waals surface area contributed by atoms with E-state index in [-0.39, 0.29) is 24.1 Å². The number of hydrogen-bond acceptors (Lipinski definition) is 4. The van der Waals surface area contributed by atoms with E-state index >= 15 is 0 Å². The number of alkyl halides is 3. The largest absolute Gasteiger partial charge is 0.471 e. The van der Waals surface area contributed by atoms with Crippen molar-refractivity contribution < 1.29 is 22.7 Å². The normalized spacial score (nSPS) is 11.4. The molecule has 2 aromatic heterocycles. The van der Waals surface area contributed by atoms with E-state index in [2.05, 4.69) is 15.4 Å². The summed E-state index contributed by atoms with van der Waals surface area (Å²) in [7, 11) is 0. The van der Waals surface area contributed by atoms with Crippen LogP contribution in [0.4, 0.5) is 13.2 Å². The topological polar surface area (TPSA) is 74.0 Å². The number of benzene rings is 1. The molecule has 10 heteroatoms. The second-order valence-corrected chi connectivity index (χ2v) is 5.95. The van der Waals surface area contributed by atoms with Crippen LogP contribution in [-0.4, -0.2) is 31.8 Å². The van der Waals surface area contributed by atoms with Crippen molar-refractivity contribution in [1.82, 2.24) is 24.6 Å². The van der Waals surface area contributed by atoms with Crippen LogP contribution in [-0.2, 0) is 19.5 Å². The van der Waals surface area contributed by atoms with Crippen LogP contribution >= 0.6 is 0 Å². The number of aryl methyl sites for hydroxylation is 1. The molecule has 7 nitrogen and oxygen atoms in total. The molecule has 0 unspecified atom stereocenters. The van der Waals surface area contributed by atoms with E-state index in [0.29, 0.717) is 6.54 Å². The first kappa shape index (κ1) is 19.5. The Bertz CT molecular complexity index is 906. The predicted molar refractivity (Wildman–Crippen MR) is 93.5 cm³/mol. The maximum atomic E-state index is 12.7. The molecule has 0 radical (unpaired) electrons. The van der Waals surface area contributed by atoms with E-state index < -0.39 is 11.7 Å². The van der Waals surface area contributed by atoms with Gasteiger partial charge in [-0.25, -0.2) is 9.67 Å². The zero-order chi connectivity index (χ0) is 20.0. The third kappa shape index (κ3) is 5.35. The fourth-order valence-corrected chi connectivity index (χ4v) is 2.43. The molecule has 0 fully saturated rings. The number of nitrogens with zero attached hydrogens (tertiary/aromatic N) is 4. The van der Waals surface area contributed by atoms with Gasteiger partial charge < -0.3 is 14.6 Å². The highest BCUT2D eigenvalue weighted by Crippen LogP contribution is 2.31. The highest BCUT2D eigenvalue weighted by molar-refractivity contribution is 5.92. The molecule has 0 saturated carbocycles. The highest BCUT2D eigenvalue weighted by atomic mass is 19.4. The number of imidazole rings is 1. The van der Waals surface area contributed by atoms with Crippen LogP contribution in [0.2, 0.25) is 0 Å². The number of ether oxygens (including phenoxy) is 1. The molecule has 28 heavy (non-hydrogen) atoms. The minimum Gasteiger partial charge on any atom is -0.471 e. The third-order valence-corrected chi connectivity index (χ3v) is 3.84. The maximum absolute atomic E-state index is 12.7. The Morgan fingerprint density at radius 2 is 2.07 bits per heavy atom. The molecule has 1 aromatic carbocycles. The summed E-state index contributed by atoms with van der Waals surface area (Å²) in [4.78, 5) is 16.0. The summed E-state index contributed by atoms with van der Waals surface area (Å²) < 4.78 is 46.7. The van der Waals surface area contributed by atoms with Crippen LogP contribution in [0, 0.1) is 0 Å². The molecule has 0 spiro atoms. The van der Waals surface area contributed by atoms with Gasteiger partial charge in [0.2, 0.25) is 0 Å². The second kappa shape index (κ2) is 8.59. The van der Waals surface area contributed by atoms with Crippen molar-refractivity contribution in [2.75, 3.05) is 6.54 Å². The molecule has 0 aliphatic carbocycles. The van der Waals surface area contributed by atoms with Crippen LogP contribution in [0.25, 0.3) is 0 Å². The van der Waals surface area contributed by atoms with E-state index in [1.54, 1.807) is 12.5 Å². The minimum atomic E-state index is -4.44. The number of carbonyl (C=O) groups is 1. The molecule has 0 bridgehead atoms. The summed E-state index contributed by atoms with van der Waals surface area (Å²) in [6.07, 6.45) is 3.05. The number of amides is 1. The lowest BCUT2D eigenvalue weighted by Crippen LogP contribution is -2.25. The summed E-state index contributed by atoms with van der Waals surface area (Å²) in [6.45, 7) is 1.10. The number of hydrogen-bond donors (Lipinski definition) is 1. The molecule has 1 N–H and O–H groups in total. The highest BCUT2D eigenvalue weighted by Gasteiger charge is 2.30. The summed E-state index contributed by atoms with van der Waals surface area (Å²) >= 11 is 0. The molecule has 0 atom stereocenters. The SMILES string of the molecule is O=C(NCCCn1ccnc1)c1ccn(COc2cccc(C(F)(F)F)c2)n1. The van der Waals surface area contributed by atoms with Crippen LogP contribution in [0.15, 0.2) is 55.2 Å². The molecule has 0 saturated heterocycles. The summed E-state index contributed by atoms with van der Waals surface area (Å²) in [6, 6.07) is 6.09. The second-order valence-electron chi connectivity index (χ2n) is 5.95. The molecule has 3 aromatic rings. The summed E-state index contributed by atoms with van der Waals surface area (Å²) in [5, 5.41) is 6.83. The van der Waals surface area contributed by atoms with Crippen molar-refractivity contribution in [2.24, 2.45) is 0 Å². The van der Waals surface area contributed by atoms with Gasteiger partial charge in [0.1, 0.15) is 11.4 Å². The Morgan fingerprint density at radius 3 is 2.82 bits per heavy atom. The number of halogens is 3. The lowest BCUT2D eigenvalue weighted by molar-refractivity contribution is -0.137. The van der Waals surface area contributed by atoms with E-state index in [9.17, 15) is 18.0 Å². The van der Waals surface area contributed by atoms with Crippen LogP contribution in [0.1, 0.15) is 22.5 Å². The average Bonchev–Trinajstić information content (AvgIpc) is 3.35. The van der Waals surface area contributed by atoms with Crippen LogP contribution in [0.3, 0.4) is 0 Å². The predicted octanol–water partition coefficient (Wildman–Crippen LogP) is 2.96. The zero-order valence-corrected chi connectivity index (χ0v) is 14.8. The molecule has 0 aliphatic heterocycles. The lowest BCUT2D eigenvalue weighted by Gasteiger charge is -2.10. The first-order valence-corrected chi connectivity index (χ1v) is 8.49. The minimum absolute atomic E-state index is 0.0656. The van der Waals surface area contributed by atoms with Gasteiger partial charge in [0.05, 0.1) is 11.9 Å². The van der Waals surface area contributed by atoms with Crippen molar-refractivity contribution in [3.05, 3.63) is 66.5 Å². The van der Waals surface area contributed by atoms with E-state index in [4.69, 9.17) is 4.74 Å². The van der Waals surface area contributed by atoms with Gasteiger partial charge in [0.25, 0.3) is 5.91 Å². The van der Waals surface area contributed by atoms with Crippen molar-refractivity contribution in [2.45, 2.75) is 25.9 Å². The molecule has 3 rings (SSSR count). The summed E-state index contributed by atoms with van der Waals surface area (Å²) in [5.41, 5.74) is -0.587. The van der Waals surface area contributed by atoms with Gasteiger partial charge in [-0.2, -0.15) is 18.3 Å². The maximum Gasteiger partial charge on any atom is 0.416 e. The van der Waals surface area contributed by atoms with E-state index in [0.717, 1.165) is 25.1 Å². The Labute approximate surface area is 158 Å². The molecular formula is C18H18F3N5O2. The van der Waals surface area contributed by atoms with Gasteiger partial charge in [-0.3, -0.25) is 4.79 Å². The van der Waals surface area contributed by atoms with E-state index in [1.165, 1.54) is 29.1 Å². The standard InChI is InChI=1S/C18H18F3N5O2/c19-18(20,21)14-3-1-4-15(11-14)28-13-26-9-5-16(24-26)17(27)23-6-2-8-25-10-7-22-12-25/h1,3-5,7,9-12H,2,6,8,13H2,(H,23,27).